The van der Waals surface area contributed by atoms with Crippen molar-refractivity contribution < 1.29 is 31.1 Å². The van der Waals surface area contributed by atoms with Gasteiger partial charge < -0.3 is 14.8 Å². The van der Waals surface area contributed by atoms with Crippen LogP contribution in [0.5, 0.6) is 5.75 Å². The minimum Gasteiger partial charge on any atom is -0.492 e. The van der Waals surface area contributed by atoms with Crippen molar-refractivity contribution in [3.8, 4) is 5.75 Å². The summed E-state index contributed by atoms with van der Waals surface area (Å²) in [5, 5.41) is 3.11. The fraction of sp³-hybridized carbons (Fsp3) is 0.458. The predicted molar refractivity (Wildman–Crippen MR) is 142 cm³/mol. The van der Waals surface area contributed by atoms with Crippen LogP contribution in [0.4, 0.5) is 5.69 Å². The summed E-state index contributed by atoms with van der Waals surface area (Å²) in [6.45, 7) is 5.11. The topological polar surface area (TPSA) is 122 Å². The molecule has 10 nitrogen and oxygen atoms in total. The predicted octanol–water partition coefficient (Wildman–Crippen LogP) is 2.41. The molecule has 0 bridgehead atoms. The van der Waals surface area contributed by atoms with Crippen molar-refractivity contribution in [2.75, 3.05) is 50.0 Å². The first kappa shape index (κ1) is 29.2. The van der Waals surface area contributed by atoms with Gasteiger partial charge in [0.15, 0.2) is 0 Å². The van der Waals surface area contributed by atoms with Crippen molar-refractivity contribution in [1.82, 2.24) is 9.62 Å². The molecule has 2 aromatic carbocycles. The number of carbonyl (C=O) groups excluding carboxylic acids is 1. The lowest BCUT2D eigenvalue weighted by atomic mass is 10.1. The number of hydrogen-bond donors (Lipinski definition) is 1. The molecule has 37 heavy (non-hydrogen) atoms. The fourth-order valence-corrected chi connectivity index (χ4v) is 6.67. The fourth-order valence-electron chi connectivity index (χ4n) is 3.88. The van der Waals surface area contributed by atoms with Crippen LogP contribution in [0.2, 0.25) is 5.02 Å². The lowest BCUT2D eigenvalue weighted by Gasteiger charge is -2.30. The molecule has 0 aliphatic carbocycles. The largest absolute Gasteiger partial charge is 0.492 e. The van der Waals surface area contributed by atoms with Crippen LogP contribution in [0, 0.1) is 6.92 Å². The van der Waals surface area contributed by atoms with Crippen LogP contribution in [-0.2, 0) is 29.6 Å². The number of hydrogen-bond acceptors (Lipinski definition) is 7. The number of amides is 1. The lowest BCUT2D eigenvalue weighted by molar-refractivity contribution is -0.122. The van der Waals surface area contributed by atoms with E-state index in [9.17, 15) is 21.6 Å². The van der Waals surface area contributed by atoms with Crippen LogP contribution >= 0.6 is 11.6 Å². The highest BCUT2D eigenvalue weighted by Gasteiger charge is 2.31. The Hall–Kier alpha value is -2.38. The highest BCUT2D eigenvalue weighted by atomic mass is 35.5. The van der Waals surface area contributed by atoms with Crippen molar-refractivity contribution in [2.24, 2.45) is 0 Å². The van der Waals surface area contributed by atoms with Crippen LogP contribution in [-0.4, -0.2) is 78.8 Å². The maximum Gasteiger partial charge on any atom is 0.244 e. The maximum atomic E-state index is 12.9. The number of anilines is 1. The molecule has 0 unspecified atom stereocenters. The van der Waals surface area contributed by atoms with Gasteiger partial charge in [-0.15, -0.1) is 0 Å². The molecular formula is C24H32ClN3O7S2. The summed E-state index contributed by atoms with van der Waals surface area (Å²) in [4.78, 5) is 13.1. The number of aryl methyl sites for hydroxylation is 1. The lowest BCUT2D eigenvalue weighted by Crippen LogP contribution is -2.50. The SMILES string of the molecule is CC[C@H](C(=O)NCCOc1ccc(S(=O)(=O)N2CCOCC2)cc1)N(c1ccc(C)c(Cl)c1)S(C)(=O)=O. The van der Waals surface area contributed by atoms with Crippen molar-refractivity contribution in [3.05, 3.63) is 53.1 Å². The molecule has 1 aliphatic rings. The molecule has 1 amide bonds. The molecule has 204 valence electrons. The van der Waals surface area contributed by atoms with Gasteiger partial charge >= 0.3 is 0 Å². The Labute approximate surface area is 223 Å². The molecule has 0 spiro atoms. The van der Waals surface area contributed by atoms with Gasteiger partial charge in [0.2, 0.25) is 26.0 Å². The minimum atomic E-state index is -3.78. The van der Waals surface area contributed by atoms with Crippen LogP contribution in [0.1, 0.15) is 18.9 Å². The zero-order valence-corrected chi connectivity index (χ0v) is 23.4. The van der Waals surface area contributed by atoms with Gasteiger partial charge in [0, 0.05) is 18.1 Å². The number of morpholine rings is 1. The minimum absolute atomic E-state index is 0.104. The summed E-state index contributed by atoms with van der Waals surface area (Å²) in [6, 6.07) is 9.92. The monoisotopic (exact) mass is 573 g/mol. The van der Waals surface area contributed by atoms with E-state index in [0.717, 1.165) is 16.1 Å². The second kappa shape index (κ2) is 12.4. The van der Waals surface area contributed by atoms with Crippen LogP contribution < -0.4 is 14.4 Å². The number of halogens is 1. The van der Waals surface area contributed by atoms with Gasteiger partial charge in [-0.2, -0.15) is 4.31 Å². The van der Waals surface area contributed by atoms with Gasteiger partial charge in [-0.3, -0.25) is 9.10 Å². The summed E-state index contributed by atoms with van der Waals surface area (Å²) < 4.78 is 63.9. The summed E-state index contributed by atoms with van der Waals surface area (Å²) in [6.07, 6.45) is 1.28. The van der Waals surface area contributed by atoms with E-state index >= 15 is 0 Å². The third kappa shape index (κ3) is 7.35. The van der Waals surface area contributed by atoms with Crippen LogP contribution in [0.25, 0.3) is 0 Å². The number of ether oxygens (including phenoxy) is 2. The smallest absolute Gasteiger partial charge is 0.244 e. The molecule has 1 saturated heterocycles. The Kier molecular flexibility index (Phi) is 9.81. The zero-order chi connectivity index (χ0) is 27.2. The number of carbonyl (C=O) groups is 1. The van der Waals surface area contributed by atoms with Gasteiger partial charge in [-0.25, -0.2) is 16.8 Å². The Morgan fingerprint density at radius 1 is 1.14 bits per heavy atom. The number of benzene rings is 2. The second-order valence-electron chi connectivity index (χ2n) is 8.54. The van der Waals surface area contributed by atoms with Gasteiger partial charge in [0.25, 0.3) is 0 Å². The van der Waals surface area contributed by atoms with Crippen LogP contribution in [0.15, 0.2) is 47.4 Å². The summed E-state index contributed by atoms with van der Waals surface area (Å²) in [5.74, 6) is -0.0329. The van der Waals surface area contributed by atoms with Gasteiger partial charge in [-0.1, -0.05) is 24.6 Å². The average molecular weight is 574 g/mol. The van der Waals surface area contributed by atoms with Crippen molar-refractivity contribution in [1.29, 1.82) is 0 Å². The average Bonchev–Trinajstić information content (AvgIpc) is 2.87. The molecule has 3 rings (SSSR count). The molecule has 1 heterocycles. The standard InChI is InChI=1S/C24H32ClN3O7S2/c1-4-23(28(36(3,30)31)19-6-5-18(2)22(25)17-19)24(29)26-11-14-35-20-7-9-21(10-8-20)37(32,33)27-12-15-34-16-13-27/h5-10,17,23H,4,11-16H2,1-3H3,(H,26,29)/t23-/m1/s1. The zero-order valence-electron chi connectivity index (χ0n) is 21.0. The maximum absolute atomic E-state index is 12.9. The van der Waals surface area contributed by atoms with E-state index in [1.165, 1.54) is 22.5 Å². The Morgan fingerprint density at radius 2 is 1.78 bits per heavy atom. The van der Waals surface area contributed by atoms with E-state index in [2.05, 4.69) is 5.32 Å². The molecule has 0 saturated carbocycles. The van der Waals surface area contributed by atoms with E-state index in [4.69, 9.17) is 21.1 Å². The van der Waals surface area contributed by atoms with Crippen LogP contribution in [0.3, 0.4) is 0 Å². The van der Waals surface area contributed by atoms with Crippen molar-refractivity contribution in [2.45, 2.75) is 31.2 Å². The van der Waals surface area contributed by atoms with Gasteiger partial charge in [-0.05, 0) is 55.3 Å². The molecule has 1 fully saturated rings. The summed E-state index contributed by atoms with van der Waals surface area (Å²) in [7, 11) is -7.38. The van der Waals surface area contributed by atoms with E-state index < -0.39 is 32.0 Å². The number of rotatable bonds is 11. The molecule has 0 aromatic heterocycles. The third-order valence-corrected chi connectivity index (χ3v) is 9.34. The molecule has 1 atom stereocenters. The first-order valence-corrected chi connectivity index (χ1v) is 15.5. The first-order chi connectivity index (χ1) is 17.4. The summed E-state index contributed by atoms with van der Waals surface area (Å²) >= 11 is 6.19. The van der Waals surface area contributed by atoms with E-state index in [1.54, 1.807) is 38.1 Å². The molecule has 1 N–H and O–H groups in total. The van der Waals surface area contributed by atoms with Crippen molar-refractivity contribution in [3.63, 3.8) is 0 Å². The Morgan fingerprint density at radius 3 is 2.35 bits per heavy atom. The van der Waals surface area contributed by atoms with Crippen molar-refractivity contribution >= 4 is 43.2 Å². The first-order valence-electron chi connectivity index (χ1n) is 11.8. The molecule has 1 aliphatic heterocycles. The number of nitrogens with zero attached hydrogens (tertiary/aromatic N) is 2. The highest BCUT2D eigenvalue weighted by Crippen LogP contribution is 2.27. The third-order valence-electron chi connectivity index (χ3n) is 5.84. The molecule has 13 heteroatoms. The molecule has 0 radical (unpaired) electrons. The number of sulfonamides is 2. The summed E-state index contributed by atoms with van der Waals surface area (Å²) in [5.41, 5.74) is 1.10. The number of nitrogens with one attached hydrogen (secondary N) is 1. The quantitative estimate of drug-likeness (QED) is 0.410. The second-order valence-corrected chi connectivity index (χ2v) is 12.7. The normalized spacial score (nSPS) is 15.7. The van der Waals surface area contributed by atoms with E-state index in [-0.39, 0.29) is 24.5 Å². The molecule has 2 aromatic rings. The Bertz CT molecular complexity index is 1300. The van der Waals surface area contributed by atoms with E-state index in [0.29, 0.717) is 42.8 Å². The highest BCUT2D eigenvalue weighted by molar-refractivity contribution is 7.92. The molecular weight excluding hydrogens is 542 g/mol. The van der Waals surface area contributed by atoms with Gasteiger partial charge in [0.05, 0.1) is 36.6 Å². The van der Waals surface area contributed by atoms with Gasteiger partial charge in [0.1, 0.15) is 18.4 Å². The van der Waals surface area contributed by atoms with E-state index in [1.807, 2.05) is 0 Å². The Balaban J connectivity index is 1.59.